The first-order valence-corrected chi connectivity index (χ1v) is 12.5. The summed E-state index contributed by atoms with van der Waals surface area (Å²) in [5, 5.41) is 3.00. The van der Waals surface area contributed by atoms with Crippen molar-refractivity contribution in [3.05, 3.63) is 83.8 Å². The first-order valence-electron chi connectivity index (χ1n) is 11.7. The van der Waals surface area contributed by atoms with Gasteiger partial charge in [-0.05, 0) is 68.1 Å². The summed E-state index contributed by atoms with van der Waals surface area (Å²) in [5.74, 6) is -0.365. The lowest BCUT2D eigenvalue weighted by atomic mass is 9.88. The van der Waals surface area contributed by atoms with E-state index >= 15 is 0 Å². The van der Waals surface area contributed by atoms with Crippen LogP contribution in [0.25, 0.3) is 20.7 Å². The Morgan fingerprint density at radius 1 is 1.11 bits per heavy atom. The normalized spacial score (nSPS) is 19.0. The zero-order valence-electron chi connectivity index (χ0n) is 19.5. The van der Waals surface area contributed by atoms with Gasteiger partial charge in [-0.3, -0.25) is 0 Å². The summed E-state index contributed by atoms with van der Waals surface area (Å²) in [6.07, 6.45) is 3.18. The van der Waals surface area contributed by atoms with Crippen LogP contribution in [0.5, 0.6) is 0 Å². The number of hydrogen-bond donors (Lipinski definition) is 1. The van der Waals surface area contributed by atoms with E-state index in [-0.39, 0.29) is 35.7 Å². The summed E-state index contributed by atoms with van der Waals surface area (Å²) < 4.78 is 28.0. The van der Waals surface area contributed by atoms with Gasteiger partial charge in [0, 0.05) is 23.4 Å². The van der Waals surface area contributed by atoms with Gasteiger partial charge in [-0.1, -0.05) is 24.3 Å². The van der Waals surface area contributed by atoms with Crippen LogP contribution in [0.4, 0.5) is 13.6 Å². The van der Waals surface area contributed by atoms with Crippen molar-refractivity contribution in [1.82, 2.24) is 20.2 Å². The average molecular weight is 493 g/mol. The average Bonchev–Trinajstić information content (AvgIpc) is 3.29. The van der Waals surface area contributed by atoms with Crippen LogP contribution in [0, 0.1) is 11.6 Å². The van der Waals surface area contributed by atoms with Gasteiger partial charge in [0.25, 0.3) is 0 Å². The fourth-order valence-electron chi connectivity index (χ4n) is 4.77. The number of carbonyl (C=O) groups is 1. The number of carbonyl (C=O) groups excluding carboxylic acids is 1. The second kappa shape index (κ2) is 9.70. The molecule has 0 saturated carbocycles. The molecule has 180 valence electrons. The number of thiophene rings is 1. The van der Waals surface area contributed by atoms with Gasteiger partial charge in [0.2, 0.25) is 0 Å². The van der Waals surface area contributed by atoms with Gasteiger partial charge in [0.1, 0.15) is 18.0 Å². The Hall–Kier alpha value is -3.39. The topological polar surface area (TPSA) is 58.1 Å². The summed E-state index contributed by atoms with van der Waals surface area (Å²) in [7, 11) is 0. The number of urea groups is 1. The zero-order chi connectivity index (χ0) is 24.5. The van der Waals surface area contributed by atoms with Crippen molar-refractivity contribution in [2.24, 2.45) is 0 Å². The van der Waals surface area contributed by atoms with E-state index in [1.807, 2.05) is 24.0 Å². The van der Waals surface area contributed by atoms with Crippen LogP contribution in [0.15, 0.2) is 60.9 Å². The highest BCUT2D eigenvalue weighted by atomic mass is 32.1. The second-order valence-corrected chi connectivity index (χ2v) is 10.1. The Bertz CT molecular complexity index is 1360. The van der Waals surface area contributed by atoms with Crippen LogP contribution in [0.3, 0.4) is 0 Å². The van der Waals surface area contributed by atoms with Crippen molar-refractivity contribution < 1.29 is 13.6 Å². The summed E-state index contributed by atoms with van der Waals surface area (Å²) >= 11 is 1.62. The smallest absolute Gasteiger partial charge is 0.318 e. The van der Waals surface area contributed by atoms with Crippen LogP contribution in [-0.2, 0) is 0 Å². The van der Waals surface area contributed by atoms with Crippen molar-refractivity contribution >= 4 is 27.6 Å². The molecule has 0 aliphatic carbocycles. The summed E-state index contributed by atoms with van der Waals surface area (Å²) in [4.78, 5) is 25.0. The molecule has 0 spiro atoms. The molecular formula is C27H26F2N4OS. The fraction of sp³-hybridized carbons (Fsp3) is 0.296. The van der Waals surface area contributed by atoms with Crippen LogP contribution in [0.1, 0.15) is 49.9 Å². The molecule has 2 amide bonds. The molecule has 8 heteroatoms. The Morgan fingerprint density at radius 2 is 1.91 bits per heavy atom. The van der Waals surface area contributed by atoms with Gasteiger partial charge in [-0.2, -0.15) is 0 Å². The summed E-state index contributed by atoms with van der Waals surface area (Å²) in [6, 6.07) is 14.4. The quantitative estimate of drug-likeness (QED) is 0.346. The molecule has 4 aromatic rings. The molecule has 35 heavy (non-hydrogen) atoms. The molecule has 2 aromatic heterocycles. The maximum absolute atomic E-state index is 13.6. The number of piperidine rings is 1. The van der Waals surface area contributed by atoms with Gasteiger partial charge in [0.15, 0.2) is 0 Å². The standard InChI is InChI=1S/C27H26F2N4OS/c1-16-12-20(10-11-33(16)27(34)32-17(2)19-4-3-5-22(29)13-19)25-26-23(30-15-31-25)14-24(35-26)18-6-8-21(28)9-7-18/h3-9,13-17,20H,10-12H2,1-2H3,(H,32,34)/t16-,17+,20?/m1/s1. The van der Waals surface area contributed by atoms with E-state index in [0.29, 0.717) is 6.54 Å². The third-order valence-electron chi connectivity index (χ3n) is 6.68. The molecule has 1 unspecified atom stereocenters. The molecule has 0 bridgehead atoms. The monoisotopic (exact) mass is 492 g/mol. The number of benzene rings is 2. The van der Waals surface area contributed by atoms with Crippen LogP contribution >= 0.6 is 11.3 Å². The van der Waals surface area contributed by atoms with Crippen LogP contribution in [-0.4, -0.2) is 33.5 Å². The van der Waals surface area contributed by atoms with E-state index < -0.39 is 0 Å². The Labute approximate surface area is 206 Å². The lowest BCUT2D eigenvalue weighted by Crippen LogP contribution is -2.49. The highest BCUT2D eigenvalue weighted by Crippen LogP contribution is 2.39. The summed E-state index contributed by atoms with van der Waals surface area (Å²) in [5.41, 5.74) is 3.58. The van der Waals surface area contributed by atoms with Gasteiger partial charge in [-0.15, -0.1) is 11.3 Å². The molecular weight excluding hydrogens is 466 g/mol. The molecule has 1 saturated heterocycles. The highest BCUT2D eigenvalue weighted by molar-refractivity contribution is 7.22. The minimum absolute atomic E-state index is 0.0232. The number of fused-ring (bicyclic) bond motifs is 1. The molecule has 1 aliphatic heterocycles. The number of nitrogens with zero attached hydrogens (tertiary/aromatic N) is 3. The largest absolute Gasteiger partial charge is 0.331 e. The summed E-state index contributed by atoms with van der Waals surface area (Å²) in [6.45, 7) is 4.52. The SMILES string of the molecule is C[C@H](NC(=O)N1CCC(c2ncnc3cc(-c4ccc(F)cc4)sc23)C[C@H]1C)c1cccc(F)c1. The Balaban J connectivity index is 1.30. The minimum atomic E-state index is -0.315. The number of likely N-dealkylation sites (tertiary alicyclic amines) is 1. The molecule has 1 N–H and O–H groups in total. The second-order valence-electron chi connectivity index (χ2n) is 9.08. The van der Waals surface area contributed by atoms with Crippen molar-refractivity contribution in [1.29, 1.82) is 0 Å². The van der Waals surface area contributed by atoms with E-state index in [4.69, 9.17) is 0 Å². The maximum Gasteiger partial charge on any atom is 0.318 e. The van der Waals surface area contributed by atoms with Crippen LogP contribution in [0.2, 0.25) is 0 Å². The minimum Gasteiger partial charge on any atom is -0.331 e. The third-order valence-corrected chi connectivity index (χ3v) is 7.88. The van der Waals surface area contributed by atoms with E-state index in [1.54, 1.807) is 35.9 Å². The Morgan fingerprint density at radius 3 is 2.66 bits per heavy atom. The third kappa shape index (κ3) is 4.89. The van der Waals surface area contributed by atoms with Crippen LogP contribution < -0.4 is 5.32 Å². The number of nitrogens with one attached hydrogen (secondary N) is 1. The highest BCUT2D eigenvalue weighted by Gasteiger charge is 2.32. The van der Waals surface area contributed by atoms with Crippen molar-refractivity contribution in [3.8, 4) is 10.4 Å². The number of hydrogen-bond acceptors (Lipinski definition) is 4. The number of halogens is 2. The van der Waals surface area contributed by atoms with E-state index in [0.717, 1.165) is 44.8 Å². The lowest BCUT2D eigenvalue weighted by Gasteiger charge is -2.38. The molecule has 1 fully saturated rings. The first-order chi connectivity index (χ1) is 16.9. The van der Waals surface area contributed by atoms with Gasteiger partial charge in [-0.25, -0.2) is 23.5 Å². The van der Waals surface area contributed by atoms with Crippen molar-refractivity contribution in [2.45, 2.75) is 44.7 Å². The van der Waals surface area contributed by atoms with Gasteiger partial charge < -0.3 is 10.2 Å². The van der Waals surface area contributed by atoms with E-state index in [1.165, 1.54) is 24.3 Å². The number of aromatic nitrogens is 2. The molecule has 0 radical (unpaired) electrons. The molecule has 3 atom stereocenters. The van der Waals surface area contributed by atoms with Crippen molar-refractivity contribution in [2.75, 3.05) is 6.54 Å². The molecule has 2 aromatic carbocycles. The predicted octanol–water partition coefficient (Wildman–Crippen LogP) is 6.68. The zero-order valence-corrected chi connectivity index (χ0v) is 20.4. The van der Waals surface area contributed by atoms with E-state index in [9.17, 15) is 13.6 Å². The molecule has 3 heterocycles. The predicted molar refractivity (Wildman–Crippen MR) is 134 cm³/mol. The molecule has 1 aliphatic rings. The number of amides is 2. The lowest BCUT2D eigenvalue weighted by molar-refractivity contribution is 0.147. The number of rotatable bonds is 4. The maximum atomic E-state index is 13.6. The Kier molecular flexibility index (Phi) is 6.47. The first kappa shape index (κ1) is 23.4. The fourth-order valence-corrected chi connectivity index (χ4v) is 5.95. The molecule has 5 nitrogen and oxygen atoms in total. The van der Waals surface area contributed by atoms with E-state index in [2.05, 4.69) is 22.2 Å². The van der Waals surface area contributed by atoms with Gasteiger partial charge >= 0.3 is 6.03 Å². The molecule has 5 rings (SSSR count). The van der Waals surface area contributed by atoms with Gasteiger partial charge in [0.05, 0.1) is 22.0 Å². The van der Waals surface area contributed by atoms with Crippen molar-refractivity contribution in [3.63, 3.8) is 0 Å².